The summed E-state index contributed by atoms with van der Waals surface area (Å²) in [6, 6.07) is 5.77. The summed E-state index contributed by atoms with van der Waals surface area (Å²) in [6.07, 6.45) is -0.0347. The topological polar surface area (TPSA) is 66.4 Å². The molecule has 0 aromatic heterocycles. The van der Waals surface area contributed by atoms with Gasteiger partial charge in [-0.25, -0.2) is 0 Å². The maximum atomic E-state index is 12.1. The van der Waals surface area contributed by atoms with E-state index in [0.29, 0.717) is 5.69 Å². The summed E-state index contributed by atoms with van der Waals surface area (Å²) in [5.74, 6) is -1.33. The minimum Gasteiger partial charge on any atom is -0.481 e. The molecule has 0 aliphatic carbocycles. The SMILES string of the molecule is Cc1cc(C)cc(NC(=O)CC(C)(C(=O)O)C(C)C)c1. The molecule has 1 unspecified atom stereocenters. The predicted molar refractivity (Wildman–Crippen MR) is 79.7 cm³/mol. The lowest BCUT2D eigenvalue weighted by Crippen LogP contribution is -2.37. The normalized spacial score (nSPS) is 13.9. The van der Waals surface area contributed by atoms with Gasteiger partial charge in [0, 0.05) is 12.1 Å². The van der Waals surface area contributed by atoms with E-state index in [1.807, 2.05) is 45.9 Å². The monoisotopic (exact) mass is 277 g/mol. The van der Waals surface area contributed by atoms with E-state index < -0.39 is 11.4 Å². The fourth-order valence-electron chi connectivity index (χ4n) is 2.11. The lowest BCUT2D eigenvalue weighted by molar-refractivity contribution is -0.153. The van der Waals surface area contributed by atoms with E-state index >= 15 is 0 Å². The number of rotatable bonds is 5. The van der Waals surface area contributed by atoms with Crippen LogP contribution in [0.4, 0.5) is 5.69 Å². The highest BCUT2D eigenvalue weighted by Gasteiger charge is 2.38. The lowest BCUT2D eigenvalue weighted by Gasteiger charge is -2.28. The number of nitrogens with one attached hydrogen (secondary N) is 1. The average molecular weight is 277 g/mol. The second-order valence-electron chi connectivity index (χ2n) is 5.98. The van der Waals surface area contributed by atoms with Gasteiger partial charge in [-0.3, -0.25) is 9.59 Å². The number of carboxylic acids is 1. The Labute approximate surface area is 120 Å². The predicted octanol–water partition coefficient (Wildman–Crippen LogP) is 3.38. The molecule has 4 heteroatoms. The van der Waals surface area contributed by atoms with Crippen LogP contribution < -0.4 is 5.32 Å². The Bertz CT molecular complexity index is 502. The van der Waals surface area contributed by atoms with Crippen LogP contribution in [0, 0.1) is 25.2 Å². The van der Waals surface area contributed by atoms with Crippen LogP contribution in [0.2, 0.25) is 0 Å². The van der Waals surface area contributed by atoms with Gasteiger partial charge in [-0.05, 0) is 49.9 Å². The van der Waals surface area contributed by atoms with E-state index in [1.165, 1.54) is 0 Å². The standard InChI is InChI=1S/C16H23NO3/c1-10(2)16(5,15(19)20)9-14(18)17-13-7-11(3)6-12(4)8-13/h6-8,10H,9H2,1-5H3,(H,17,18)(H,19,20). The molecule has 0 aliphatic heterocycles. The van der Waals surface area contributed by atoms with Crippen molar-refractivity contribution in [2.75, 3.05) is 5.32 Å². The molecule has 1 amide bonds. The van der Waals surface area contributed by atoms with Crippen LogP contribution in [0.5, 0.6) is 0 Å². The van der Waals surface area contributed by atoms with E-state index in [9.17, 15) is 14.7 Å². The van der Waals surface area contributed by atoms with Crippen molar-refractivity contribution < 1.29 is 14.7 Å². The molecule has 0 radical (unpaired) electrons. The summed E-state index contributed by atoms with van der Waals surface area (Å²) in [4.78, 5) is 23.5. The molecule has 0 fully saturated rings. The molecule has 1 atom stereocenters. The molecular weight excluding hydrogens is 254 g/mol. The number of hydrogen-bond acceptors (Lipinski definition) is 2. The van der Waals surface area contributed by atoms with Crippen molar-refractivity contribution >= 4 is 17.6 Å². The molecule has 1 aromatic rings. The highest BCUT2D eigenvalue weighted by atomic mass is 16.4. The number of hydrogen-bond donors (Lipinski definition) is 2. The van der Waals surface area contributed by atoms with Crippen LogP contribution >= 0.6 is 0 Å². The van der Waals surface area contributed by atoms with Crippen molar-refractivity contribution in [2.24, 2.45) is 11.3 Å². The van der Waals surface area contributed by atoms with Crippen molar-refractivity contribution in [3.63, 3.8) is 0 Å². The number of benzene rings is 1. The quantitative estimate of drug-likeness (QED) is 0.867. The van der Waals surface area contributed by atoms with Gasteiger partial charge in [0.2, 0.25) is 5.91 Å². The number of anilines is 1. The van der Waals surface area contributed by atoms with Gasteiger partial charge in [-0.2, -0.15) is 0 Å². The number of carboxylic acid groups (broad SMARTS) is 1. The molecular formula is C16H23NO3. The molecule has 1 rings (SSSR count). The van der Waals surface area contributed by atoms with Gasteiger partial charge in [0.25, 0.3) is 0 Å². The Balaban J connectivity index is 2.84. The van der Waals surface area contributed by atoms with Crippen molar-refractivity contribution in [3.05, 3.63) is 29.3 Å². The molecule has 2 N–H and O–H groups in total. The first-order valence-corrected chi connectivity index (χ1v) is 6.76. The summed E-state index contributed by atoms with van der Waals surface area (Å²) >= 11 is 0. The van der Waals surface area contributed by atoms with Gasteiger partial charge in [0.1, 0.15) is 0 Å². The smallest absolute Gasteiger partial charge is 0.310 e. The molecule has 0 bridgehead atoms. The Hall–Kier alpha value is -1.84. The maximum Gasteiger partial charge on any atom is 0.310 e. The maximum absolute atomic E-state index is 12.1. The summed E-state index contributed by atoms with van der Waals surface area (Å²) < 4.78 is 0. The van der Waals surface area contributed by atoms with Gasteiger partial charge in [0.15, 0.2) is 0 Å². The Morgan fingerprint density at radius 1 is 1.20 bits per heavy atom. The van der Waals surface area contributed by atoms with E-state index in [-0.39, 0.29) is 18.2 Å². The minimum absolute atomic E-state index is 0.0347. The first-order chi connectivity index (χ1) is 9.15. The summed E-state index contributed by atoms with van der Waals surface area (Å²) in [5.41, 5.74) is 1.78. The molecule has 0 aliphatic rings. The fraction of sp³-hybridized carbons (Fsp3) is 0.500. The first-order valence-electron chi connectivity index (χ1n) is 6.76. The van der Waals surface area contributed by atoms with E-state index in [0.717, 1.165) is 11.1 Å². The zero-order valence-electron chi connectivity index (χ0n) is 12.8. The van der Waals surface area contributed by atoms with Gasteiger partial charge in [0.05, 0.1) is 5.41 Å². The van der Waals surface area contributed by atoms with Crippen LogP contribution in [-0.4, -0.2) is 17.0 Å². The largest absolute Gasteiger partial charge is 0.481 e. The minimum atomic E-state index is -1.05. The van der Waals surface area contributed by atoms with Crippen LogP contribution in [0.1, 0.15) is 38.3 Å². The first kappa shape index (κ1) is 16.2. The molecule has 1 aromatic carbocycles. The van der Waals surface area contributed by atoms with Gasteiger partial charge in [-0.15, -0.1) is 0 Å². The van der Waals surface area contributed by atoms with Crippen molar-refractivity contribution in [3.8, 4) is 0 Å². The molecule has 0 heterocycles. The van der Waals surface area contributed by atoms with Gasteiger partial charge in [-0.1, -0.05) is 19.9 Å². The van der Waals surface area contributed by atoms with E-state index in [4.69, 9.17) is 0 Å². The zero-order chi connectivity index (χ0) is 15.5. The molecule has 110 valence electrons. The second-order valence-corrected chi connectivity index (χ2v) is 5.98. The molecule has 0 spiro atoms. The molecule has 0 saturated carbocycles. The highest BCUT2D eigenvalue weighted by molar-refractivity contribution is 5.94. The number of carbonyl (C=O) groups is 2. The van der Waals surface area contributed by atoms with E-state index in [2.05, 4.69) is 5.32 Å². The van der Waals surface area contributed by atoms with Gasteiger partial charge < -0.3 is 10.4 Å². The Morgan fingerprint density at radius 2 is 1.70 bits per heavy atom. The number of amides is 1. The van der Waals surface area contributed by atoms with Crippen molar-refractivity contribution in [1.82, 2.24) is 0 Å². The van der Waals surface area contributed by atoms with Gasteiger partial charge >= 0.3 is 5.97 Å². The average Bonchev–Trinajstić information content (AvgIpc) is 2.26. The fourth-order valence-corrected chi connectivity index (χ4v) is 2.11. The third-order valence-electron chi connectivity index (χ3n) is 3.80. The third kappa shape index (κ3) is 3.83. The van der Waals surface area contributed by atoms with Crippen LogP contribution in [0.3, 0.4) is 0 Å². The number of aryl methyl sites for hydroxylation is 2. The second kappa shape index (κ2) is 6.07. The number of aliphatic carboxylic acids is 1. The lowest BCUT2D eigenvalue weighted by atomic mass is 9.76. The van der Waals surface area contributed by atoms with Crippen LogP contribution in [0.25, 0.3) is 0 Å². The van der Waals surface area contributed by atoms with Crippen LogP contribution in [-0.2, 0) is 9.59 Å². The zero-order valence-corrected chi connectivity index (χ0v) is 12.8. The Morgan fingerprint density at radius 3 is 2.10 bits per heavy atom. The number of carbonyl (C=O) groups excluding carboxylic acids is 1. The Kier molecular flexibility index (Phi) is 4.93. The molecule has 4 nitrogen and oxygen atoms in total. The molecule has 0 saturated heterocycles. The summed E-state index contributed by atoms with van der Waals surface area (Å²) in [7, 11) is 0. The van der Waals surface area contributed by atoms with E-state index in [1.54, 1.807) is 6.92 Å². The highest BCUT2D eigenvalue weighted by Crippen LogP contribution is 2.31. The van der Waals surface area contributed by atoms with Crippen molar-refractivity contribution in [1.29, 1.82) is 0 Å². The van der Waals surface area contributed by atoms with Crippen molar-refractivity contribution in [2.45, 2.75) is 41.0 Å². The summed E-state index contributed by atoms with van der Waals surface area (Å²) in [5, 5.41) is 12.1. The van der Waals surface area contributed by atoms with Crippen LogP contribution in [0.15, 0.2) is 18.2 Å². The molecule has 20 heavy (non-hydrogen) atoms. The third-order valence-corrected chi connectivity index (χ3v) is 3.80. The summed E-state index contributed by atoms with van der Waals surface area (Å²) in [6.45, 7) is 9.16.